The van der Waals surface area contributed by atoms with Crippen molar-refractivity contribution >= 4 is 21.6 Å². The zero-order valence-corrected chi connectivity index (χ0v) is 12.9. The first-order chi connectivity index (χ1) is 8.96. The van der Waals surface area contributed by atoms with Crippen LogP contribution in [-0.2, 0) is 10.0 Å². The molecular formula is C12H21ClN2O3S. The third kappa shape index (κ3) is 5.95. The van der Waals surface area contributed by atoms with Gasteiger partial charge in [0.15, 0.2) is 0 Å². The van der Waals surface area contributed by atoms with Gasteiger partial charge in [-0.1, -0.05) is 0 Å². The maximum absolute atomic E-state index is 11.8. The Hall–Kier alpha value is -0.560. The molecule has 1 rings (SSSR count). The van der Waals surface area contributed by atoms with E-state index in [1.54, 1.807) is 12.3 Å². The van der Waals surface area contributed by atoms with Crippen LogP contribution in [0.1, 0.15) is 24.6 Å². The molecule has 0 bridgehead atoms. The second-order valence-electron chi connectivity index (χ2n) is 4.56. The molecule has 7 heteroatoms. The van der Waals surface area contributed by atoms with Crippen molar-refractivity contribution < 1.29 is 12.8 Å². The number of hydrogen-bond donors (Lipinski definition) is 1. The summed E-state index contributed by atoms with van der Waals surface area (Å²) in [6, 6.07) is 3.52. The molecule has 0 aliphatic heterocycles. The highest BCUT2D eigenvalue weighted by Gasteiger charge is 2.19. The van der Waals surface area contributed by atoms with Crippen molar-refractivity contribution in [2.75, 3.05) is 32.3 Å². The lowest BCUT2D eigenvalue weighted by molar-refractivity contribution is 0.259. The quantitative estimate of drug-likeness (QED) is 0.558. The van der Waals surface area contributed by atoms with Gasteiger partial charge in [-0.25, -0.2) is 13.1 Å². The van der Waals surface area contributed by atoms with E-state index in [0.29, 0.717) is 25.3 Å². The Morgan fingerprint density at radius 1 is 1.42 bits per heavy atom. The summed E-state index contributed by atoms with van der Waals surface area (Å²) in [5.74, 6) is 1.34. The lowest BCUT2D eigenvalue weighted by Crippen LogP contribution is -2.35. The van der Waals surface area contributed by atoms with Crippen LogP contribution in [0.2, 0.25) is 0 Å². The molecule has 1 aromatic heterocycles. The van der Waals surface area contributed by atoms with Crippen molar-refractivity contribution in [2.24, 2.45) is 0 Å². The number of halogens is 1. The van der Waals surface area contributed by atoms with Gasteiger partial charge >= 0.3 is 0 Å². The molecule has 110 valence electrons. The minimum Gasteiger partial charge on any atom is -0.468 e. The molecule has 1 aromatic rings. The predicted octanol–water partition coefficient (Wildman–Crippen LogP) is 1.82. The molecule has 0 saturated carbocycles. The van der Waals surface area contributed by atoms with E-state index >= 15 is 0 Å². The standard InChI is InChI=1S/C12H21ClN2O3S/c1-15(2)11(12-6-5-8-18-12)10-14-19(16,17)9-4-3-7-13/h5-6,8,11,14H,3-4,7,9-10H2,1-2H3. The van der Waals surface area contributed by atoms with Crippen molar-refractivity contribution in [3.63, 3.8) is 0 Å². The summed E-state index contributed by atoms with van der Waals surface area (Å²) in [5.41, 5.74) is 0. The molecule has 1 atom stereocenters. The summed E-state index contributed by atoms with van der Waals surface area (Å²) in [7, 11) is 0.517. The van der Waals surface area contributed by atoms with Crippen LogP contribution in [0.4, 0.5) is 0 Å². The first-order valence-corrected chi connectivity index (χ1v) is 8.38. The van der Waals surface area contributed by atoms with Gasteiger partial charge in [-0.15, -0.1) is 11.6 Å². The zero-order chi connectivity index (χ0) is 14.3. The number of nitrogens with one attached hydrogen (secondary N) is 1. The highest BCUT2D eigenvalue weighted by molar-refractivity contribution is 7.89. The van der Waals surface area contributed by atoms with Crippen molar-refractivity contribution in [3.8, 4) is 0 Å². The molecule has 0 aliphatic rings. The molecule has 19 heavy (non-hydrogen) atoms. The van der Waals surface area contributed by atoms with Crippen molar-refractivity contribution in [3.05, 3.63) is 24.2 Å². The largest absolute Gasteiger partial charge is 0.468 e. The Labute approximate surface area is 120 Å². The number of furan rings is 1. The van der Waals surface area contributed by atoms with Crippen molar-refractivity contribution in [2.45, 2.75) is 18.9 Å². The van der Waals surface area contributed by atoms with Crippen LogP contribution in [0.5, 0.6) is 0 Å². The van der Waals surface area contributed by atoms with Gasteiger partial charge in [0, 0.05) is 12.4 Å². The fourth-order valence-electron chi connectivity index (χ4n) is 1.68. The number of likely N-dealkylation sites (N-methyl/N-ethyl adjacent to an activating group) is 1. The van der Waals surface area contributed by atoms with E-state index in [0.717, 1.165) is 5.76 Å². The van der Waals surface area contributed by atoms with Crippen LogP contribution in [-0.4, -0.2) is 45.6 Å². The van der Waals surface area contributed by atoms with E-state index in [1.165, 1.54) is 0 Å². The molecule has 0 aliphatic carbocycles. The number of unbranched alkanes of at least 4 members (excludes halogenated alkanes) is 1. The van der Waals surface area contributed by atoms with Crippen LogP contribution >= 0.6 is 11.6 Å². The first-order valence-electron chi connectivity index (χ1n) is 6.19. The second kappa shape index (κ2) is 7.89. The van der Waals surface area contributed by atoms with E-state index in [4.69, 9.17) is 16.0 Å². The van der Waals surface area contributed by atoms with Crippen molar-refractivity contribution in [1.82, 2.24) is 9.62 Å². The van der Waals surface area contributed by atoms with Crippen LogP contribution in [0, 0.1) is 0 Å². The van der Waals surface area contributed by atoms with Gasteiger partial charge in [-0.2, -0.15) is 0 Å². The number of hydrogen-bond acceptors (Lipinski definition) is 4. The molecule has 1 heterocycles. The van der Waals surface area contributed by atoms with E-state index in [-0.39, 0.29) is 11.8 Å². The van der Waals surface area contributed by atoms with Gasteiger partial charge in [-0.05, 0) is 39.1 Å². The molecule has 1 N–H and O–H groups in total. The molecule has 0 spiro atoms. The lowest BCUT2D eigenvalue weighted by Gasteiger charge is -2.22. The van der Waals surface area contributed by atoms with E-state index in [1.807, 2.05) is 25.1 Å². The fraction of sp³-hybridized carbons (Fsp3) is 0.667. The van der Waals surface area contributed by atoms with Gasteiger partial charge in [-0.3, -0.25) is 4.90 Å². The molecular weight excluding hydrogens is 288 g/mol. The highest BCUT2D eigenvalue weighted by Crippen LogP contribution is 2.17. The Kier molecular flexibility index (Phi) is 6.85. The maximum Gasteiger partial charge on any atom is 0.211 e. The highest BCUT2D eigenvalue weighted by atomic mass is 35.5. The molecule has 0 fully saturated rings. The third-order valence-corrected chi connectivity index (χ3v) is 4.49. The van der Waals surface area contributed by atoms with Crippen LogP contribution in [0.25, 0.3) is 0 Å². The summed E-state index contributed by atoms with van der Waals surface area (Å²) in [6.07, 6.45) is 2.87. The zero-order valence-electron chi connectivity index (χ0n) is 11.3. The second-order valence-corrected chi connectivity index (χ2v) is 6.86. The fourth-order valence-corrected chi connectivity index (χ4v) is 3.01. The summed E-state index contributed by atoms with van der Waals surface area (Å²) >= 11 is 5.53. The van der Waals surface area contributed by atoms with E-state index in [9.17, 15) is 8.42 Å². The third-order valence-electron chi connectivity index (χ3n) is 2.79. The lowest BCUT2D eigenvalue weighted by atomic mass is 10.2. The normalized spacial score (nSPS) is 13.9. The molecule has 0 saturated heterocycles. The minimum atomic E-state index is -3.25. The Bertz CT molecular complexity index is 446. The molecule has 5 nitrogen and oxygen atoms in total. The average Bonchev–Trinajstić information content (AvgIpc) is 2.82. The number of sulfonamides is 1. The number of rotatable bonds is 9. The van der Waals surface area contributed by atoms with E-state index < -0.39 is 10.0 Å². The monoisotopic (exact) mass is 308 g/mol. The SMILES string of the molecule is CN(C)C(CNS(=O)(=O)CCCCCl)c1ccco1. The summed E-state index contributed by atoms with van der Waals surface area (Å²) in [4.78, 5) is 1.92. The maximum atomic E-state index is 11.8. The Morgan fingerprint density at radius 3 is 2.68 bits per heavy atom. The Morgan fingerprint density at radius 2 is 2.16 bits per heavy atom. The number of nitrogens with zero attached hydrogens (tertiary/aromatic N) is 1. The van der Waals surface area contributed by atoms with Gasteiger partial charge in [0.2, 0.25) is 10.0 Å². The van der Waals surface area contributed by atoms with Gasteiger partial charge in [0.05, 0.1) is 18.1 Å². The van der Waals surface area contributed by atoms with Crippen LogP contribution in [0.3, 0.4) is 0 Å². The van der Waals surface area contributed by atoms with Gasteiger partial charge < -0.3 is 4.42 Å². The summed E-state index contributed by atoms with van der Waals surface area (Å²) in [5, 5.41) is 0. The minimum absolute atomic E-state index is 0.109. The van der Waals surface area contributed by atoms with E-state index in [2.05, 4.69) is 4.72 Å². The topological polar surface area (TPSA) is 62.6 Å². The first kappa shape index (κ1) is 16.5. The van der Waals surface area contributed by atoms with Crippen molar-refractivity contribution in [1.29, 1.82) is 0 Å². The smallest absolute Gasteiger partial charge is 0.211 e. The predicted molar refractivity (Wildman–Crippen MR) is 76.9 cm³/mol. The summed E-state index contributed by atoms with van der Waals surface area (Å²) < 4.78 is 31.5. The summed E-state index contributed by atoms with van der Waals surface area (Å²) in [6.45, 7) is 0.295. The molecule has 1 unspecified atom stereocenters. The molecule has 0 amide bonds. The van der Waals surface area contributed by atoms with Crippen LogP contribution in [0.15, 0.2) is 22.8 Å². The molecule has 0 radical (unpaired) electrons. The molecule has 0 aromatic carbocycles. The van der Waals surface area contributed by atoms with Gasteiger partial charge in [0.25, 0.3) is 0 Å². The van der Waals surface area contributed by atoms with Crippen LogP contribution < -0.4 is 4.72 Å². The average molecular weight is 309 g/mol. The Balaban J connectivity index is 2.53. The number of alkyl halides is 1. The van der Waals surface area contributed by atoms with Gasteiger partial charge in [0.1, 0.15) is 5.76 Å².